The molecule has 0 saturated heterocycles. The van der Waals surface area contributed by atoms with Crippen molar-refractivity contribution < 1.29 is 0 Å². The molecule has 0 radical (unpaired) electrons. The maximum Gasteiger partial charge on any atom is 0.235 e. The molecule has 0 bridgehead atoms. The number of thiophene rings is 2. The Bertz CT molecular complexity index is 6280. The minimum atomic E-state index is 0.568. The summed E-state index contributed by atoms with van der Waals surface area (Å²) in [6, 6.07) is 89.1. The molecule has 19 aromatic rings. The molecule has 0 saturated carbocycles. The van der Waals surface area contributed by atoms with Crippen LogP contribution in [-0.4, -0.2) is 39.5 Å². The predicted octanol–water partition coefficient (Wildman–Crippen LogP) is 22.6. The van der Waals surface area contributed by atoms with E-state index in [4.69, 9.17) is 15.0 Å². The molecule has 0 aliphatic heterocycles. The van der Waals surface area contributed by atoms with Crippen LogP contribution in [0.5, 0.6) is 0 Å². The Kier molecular flexibility index (Phi) is 13.2. The molecule has 0 fully saturated rings. The van der Waals surface area contributed by atoms with E-state index in [0.29, 0.717) is 10.7 Å². The second-order valence-corrected chi connectivity index (χ2v) is 25.8. The third-order valence-electron chi connectivity index (χ3n) is 17.6. The quantitative estimate of drug-likeness (QED) is 0.136. The number of aromatic amines is 1. The Morgan fingerprint density at radius 1 is 0.398 bits per heavy atom. The van der Waals surface area contributed by atoms with Crippen LogP contribution in [0.1, 0.15) is 11.3 Å². The summed E-state index contributed by atoms with van der Waals surface area (Å²) in [5, 5.41) is 14.2. The Hall–Kier alpha value is -11.4. The predicted molar refractivity (Wildman–Crippen MR) is 394 cm³/mol. The molecule has 8 heterocycles. The Morgan fingerprint density at radius 2 is 0.892 bits per heavy atom. The second-order valence-electron chi connectivity index (χ2n) is 23.0. The fourth-order valence-corrected chi connectivity index (χ4v) is 16.5. The van der Waals surface area contributed by atoms with Crippen molar-refractivity contribution in [2.45, 2.75) is 0 Å². The van der Waals surface area contributed by atoms with Gasteiger partial charge in [-0.1, -0.05) is 200 Å². The van der Waals surface area contributed by atoms with Crippen LogP contribution in [-0.2, 0) is 0 Å². The second kappa shape index (κ2) is 22.5. The van der Waals surface area contributed by atoms with Crippen molar-refractivity contribution in [1.82, 2.24) is 39.5 Å². The molecule has 20 rings (SSSR count). The van der Waals surface area contributed by atoms with Crippen LogP contribution in [0.25, 0.3) is 180 Å². The lowest BCUT2D eigenvalue weighted by Gasteiger charge is -2.13. The molecule has 0 atom stereocenters. The Labute approximate surface area is 549 Å². The van der Waals surface area contributed by atoms with E-state index in [9.17, 15) is 0 Å². The van der Waals surface area contributed by atoms with Crippen LogP contribution in [0.3, 0.4) is 0 Å². The van der Waals surface area contributed by atoms with Gasteiger partial charge < -0.3 is 0 Å². The van der Waals surface area contributed by atoms with Crippen LogP contribution in [0.4, 0.5) is 0 Å². The third-order valence-corrected chi connectivity index (χ3v) is 20.4. The zero-order chi connectivity index (χ0) is 61.5. The molecule has 434 valence electrons. The third kappa shape index (κ3) is 9.20. The number of H-pyrrole nitrogens is 1. The molecule has 0 spiro atoms. The summed E-state index contributed by atoms with van der Waals surface area (Å²) in [6.07, 6.45) is 13.0. The van der Waals surface area contributed by atoms with Gasteiger partial charge in [-0.3, -0.25) is 19.5 Å². The van der Waals surface area contributed by atoms with E-state index in [-0.39, 0.29) is 0 Å². The molecule has 93 heavy (non-hydrogen) atoms. The summed E-state index contributed by atoms with van der Waals surface area (Å²) in [4.78, 5) is 32.4. The van der Waals surface area contributed by atoms with Crippen molar-refractivity contribution in [3.05, 3.63) is 295 Å². The summed E-state index contributed by atoms with van der Waals surface area (Å²) in [5.41, 5.74) is 17.4. The Morgan fingerprint density at radius 3 is 1.53 bits per heavy atom. The highest BCUT2D eigenvalue weighted by Gasteiger charge is 2.26. The van der Waals surface area contributed by atoms with Gasteiger partial charge in [0.25, 0.3) is 0 Å². The number of benzene rings is 11. The first-order valence-corrected chi connectivity index (χ1v) is 33.1. The number of hydrogen-bond acceptors (Lipinski definition) is 8. The molecule has 8 nitrogen and oxygen atoms in total. The molecule has 8 aromatic heterocycles. The van der Waals surface area contributed by atoms with E-state index >= 15 is 0 Å². The summed E-state index contributed by atoms with van der Waals surface area (Å²) in [6.45, 7) is 0. The molecule has 11 heteroatoms. The maximum atomic E-state index is 5.37. The van der Waals surface area contributed by atoms with Crippen LogP contribution in [0.15, 0.2) is 278 Å². The minimum absolute atomic E-state index is 0.568. The fraction of sp³-hybridized carbons (Fsp3) is 0. The molecule has 1 aliphatic carbocycles. The van der Waals surface area contributed by atoms with E-state index in [1.807, 2.05) is 95.6 Å². The molecule has 0 amide bonds. The number of hydrogen-bond donors (Lipinski definition) is 1. The number of pyridine rings is 2. The highest BCUT2D eigenvalue weighted by molar-refractivity contribution is 9.10. The van der Waals surface area contributed by atoms with Crippen LogP contribution >= 0.6 is 38.6 Å². The van der Waals surface area contributed by atoms with Crippen molar-refractivity contribution in [2.75, 3.05) is 0 Å². The fourth-order valence-electron chi connectivity index (χ4n) is 13.6. The van der Waals surface area contributed by atoms with Gasteiger partial charge >= 0.3 is 0 Å². The zero-order valence-electron chi connectivity index (χ0n) is 49.5. The van der Waals surface area contributed by atoms with Crippen molar-refractivity contribution in [3.63, 3.8) is 0 Å². The average molecular weight is 1290 g/mol. The van der Waals surface area contributed by atoms with Crippen molar-refractivity contribution in [3.8, 4) is 50.7 Å². The first-order chi connectivity index (χ1) is 46.1. The van der Waals surface area contributed by atoms with E-state index in [1.165, 1.54) is 94.7 Å². The molecule has 11 aromatic carbocycles. The van der Waals surface area contributed by atoms with Gasteiger partial charge in [-0.2, -0.15) is 0 Å². The number of aromatic nitrogens is 8. The average Bonchev–Trinajstić information content (AvgIpc) is 1.56. The zero-order valence-corrected chi connectivity index (χ0v) is 52.7. The van der Waals surface area contributed by atoms with Gasteiger partial charge in [0.15, 0.2) is 10.4 Å². The van der Waals surface area contributed by atoms with Gasteiger partial charge in [0, 0.05) is 91.5 Å². The van der Waals surface area contributed by atoms with E-state index in [0.717, 1.165) is 78.0 Å². The van der Waals surface area contributed by atoms with Gasteiger partial charge in [-0.05, 0) is 104 Å². The lowest BCUT2D eigenvalue weighted by Crippen LogP contribution is -2.04. The first-order valence-electron chi connectivity index (χ1n) is 30.7. The van der Waals surface area contributed by atoms with Crippen LogP contribution in [0.2, 0.25) is 0 Å². The highest BCUT2D eigenvalue weighted by Crippen LogP contribution is 2.49. The number of nitrogens with zero attached hydrogens (tertiary/aromatic N) is 7. The summed E-state index contributed by atoms with van der Waals surface area (Å²) < 4.78 is 8.15. The van der Waals surface area contributed by atoms with Gasteiger partial charge in [-0.25, -0.2) is 19.9 Å². The number of fused-ring (bicyclic) bond motifs is 22. The topological polar surface area (TPSA) is 98.1 Å². The number of halogens is 1. The standard InChI is InChI=1S/C41H24N4S.C22H12NS.C19H12BrN3/c1-2-12-25(13-3-1)26-14-10-15-27(24-26)37-38-32(20-11-23-42-38)43-41(44-37)45-33-21-8-6-18-30(33)36-39(45)29-17-5-4-16-28(29)35-31-19-7-9-22-34(31)46-40(35)36;1-2-8-14-13(7-1)19-16-10-4-6-12-18(16)24-22(19)20-15-9-3-5-11-17(15)23-21(14)20;20-19-22-16-10-5-11-21-18(16)17(23-19)15-9-4-8-14(12-15)13-6-2-1-3-7-13/h1-24H;1-4,6-12,23H;1-12H/q;+1;. The van der Waals surface area contributed by atoms with Crippen molar-refractivity contribution in [2.24, 2.45) is 0 Å². The lowest BCUT2D eigenvalue weighted by molar-refractivity contribution is 1.01. The molecular formula is C82H48BrN8S2+. The lowest BCUT2D eigenvalue weighted by atomic mass is 9.98. The van der Waals surface area contributed by atoms with Crippen LogP contribution < -0.4 is 0 Å². The van der Waals surface area contributed by atoms with Gasteiger partial charge in [0.05, 0.1) is 39.0 Å². The monoisotopic (exact) mass is 1290 g/mol. The maximum absolute atomic E-state index is 5.37. The summed E-state index contributed by atoms with van der Waals surface area (Å²) in [5.74, 6) is 0.637. The minimum Gasteiger partial charge on any atom is -0.300 e. The first kappa shape index (κ1) is 54.5. The summed E-state index contributed by atoms with van der Waals surface area (Å²) in [7, 11) is 0. The largest absolute Gasteiger partial charge is 0.300 e. The van der Waals surface area contributed by atoms with E-state index < -0.39 is 0 Å². The number of para-hydroxylation sites is 1. The SMILES string of the molecule is Brc1nc(-c2cccc(-c3ccccc3)c2)c2ncccc2n1.[C+]1=Cc2[nH]c3c4ccccc4c4c5ccccc5sc4c3c2C=C1.c1ccc(-c2cccc(-c3nc(-n4c5ccccc5c5c6sc7ccccc7c6c6ccccc6c54)nc4cccnc34)c2)cc1. The molecule has 1 aliphatic rings. The van der Waals surface area contributed by atoms with Crippen LogP contribution in [0, 0.1) is 6.08 Å². The molecular weight excluding hydrogens is 1240 g/mol. The smallest absolute Gasteiger partial charge is 0.235 e. The van der Waals surface area contributed by atoms with Gasteiger partial charge in [0.1, 0.15) is 40.1 Å². The Balaban J connectivity index is 0.000000114. The number of rotatable bonds is 5. The van der Waals surface area contributed by atoms with E-state index in [1.54, 1.807) is 6.20 Å². The van der Waals surface area contributed by atoms with Crippen molar-refractivity contribution in [1.29, 1.82) is 0 Å². The normalized spacial score (nSPS) is 12.0. The molecule has 1 N–H and O–H groups in total. The highest BCUT2D eigenvalue weighted by atomic mass is 79.9. The number of nitrogens with one attached hydrogen (secondary N) is 1. The number of allylic oxidation sites excluding steroid dienone is 2. The summed E-state index contributed by atoms with van der Waals surface area (Å²) >= 11 is 7.16. The van der Waals surface area contributed by atoms with E-state index in [2.05, 4.69) is 253 Å². The van der Waals surface area contributed by atoms with Gasteiger partial charge in [-0.15, -0.1) is 22.7 Å². The van der Waals surface area contributed by atoms with Crippen molar-refractivity contribution >= 4 is 167 Å². The molecule has 0 unspecified atom stereocenters. The van der Waals surface area contributed by atoms with Gasteiger partial charge in [0.2, 0.25) is 5.95 Å².